The van der Waals surface area contributed by atoms with Crippen LogP contribution in [0.15, 0.2) is 54.1 Å². The van der Waals surface area contributed by atoms with E-state index in [9.17, 15) is 4.79 Å². The fourth-order valence-electron chi connectivity index (χ4n) is 3.53. The van der Waals surface area contributed by atoms with Crippen molar-refractivity contribution in [3.63, 3.8) is 0 Å². The molecule has 2 aromatic carbocycles. The molecule has 1 aromatic heterocycles. The van der Waals surface area contributed by atoms with Gasteiger partial charge in [-0.05, 0) is 22.9 Å². The summed E-state index contributed by atoms with van der Waals surface area (Å²) in [7, 11) is 0. The first-order chi connectivity index (χ1) is 11.7. The number of aromatic nitrogens is 4. The van der Waals surface area contributed by atoms with Gasteiger partial charge in [-0.2, -0.15) is 4.68 Å². The van der Waals surface area contributed by atoms with Gasteiger partial charge >= 0.3 is 0 Å². The van der Waals surface area contributed by atoms with E-state index in [1.54, 1.807) is 4.68 Å². The quantitative estimate of drug-likeness (QED) is 0.747. The second kappa shape index (κ2) is 4.61. The molecular formula is C18H13N5O. The van der Waals surface area contributed by atoms with Crippen LogP contribution in [0, 0.1) is 6.92 Å². The number of benzene rings is 2. The summed E-state index contributed by atoms with van der Waals surface area (Å²) in [6, 6.07) is 15.4. The summed E-state index contributed by atoms with van der Waals surface area (Å²) >= 11 is 0. The van der Waals surface area contributed by atoms with Crippen LogP contribution >= 0.6 is 0 Å². The Kier molecular flexibility index (Phi) is 2.53. The highest BCUT2D eigenvalue weighted by atomic mass is 16.1. The predicted molar refractivity (Wildman–Crippen MR) is 88.5 cm³/mol. The van der Waals surface area contributed by atoms with E-state index in [-0.39, 0.29) is 11.8 Å². The molecule has 0 radical (unpaired) electrons. The lowest BCUT2D eigenvalue weighted by molar-refractivity contribution is 0.102. The van der Waals surface area contributed by atoms with Crippen molar-refractivity contribution in [2.24, 2.45) is 0 Å². The fourth-order valence-corrected chi connectivity index (χ4v) is 3.53. The Morgan fingerprint density at radius 2 is 1.92 bits per heavy atom. The molecule has 0 saturated heterocycles. The molecule has 0 saturated carbocycles. The maximum absolute atomic E-state index is 13.1. The first-order valence-corrected chi connectivity index (χ1v) is 7.74. The van der Waals surface area contributed by atoms with Gasteiger partial charge in [0.15, 0.2) is 5.78 Å². The number of hydrogen-bond donors (Lipinski definition) is 1. The van der Waals surface area contributed by atoms with Crippen LogP contribution in [0.5, 0.6) is 0 Å². The number of ketones is 1. The van der Waals surface area contributed by atoms with Crippen molar-refractivity contribution in [2.75, 3.05) is 5.32 Å². The molecule has 3 aromatic rings. The molecule has 1 unspecified atom stereocenters. The Morgan fingerprint density at radius 1 is 1.08 bits per heavy atom. The van der Waals surface area contributed by atoms with Crippen molar-refractivity contribution in [2.45, 2.75) is 13.0 Å². The summed E-state index contributed by atoms with van der Waals surface area (Å²) in [6.45, 7) is 2.03. The third-order valence-corrected chi connectivity index (χ3v) is 4.56. The summed E-state index contributed by atoms with van der Waals surface area (Å²) in [5, 5.41) is 15.2. The maximum Gasteiger partial charge on any atom is 0.248 e. The number of aryl methyl sites for hydroxylation is 1. The van der Waals surface area contributed by atoms with Gasteiger partial charge in [-0.25, -0.2) is 0 Å². The van der Waals surface area contributed by atoms with Gasteiger partial charge in [0.2, 0.25) is 5.95 Å². The molecule has 24 heavy (non-hydrogen) atoms. The molecule has 0 bridgehead atoms. The number of nitrogens with one attached hydrogen (secondary N) is 1. The van der Waals surface area contributed by atoms with Gasteiger partial charge in [-0.15, -0.1) is 0 Å². The molecule has 0 amide bonds. The van der Waals surface area contributed by atoms with Crippen LogP contribution in [0.3, 0.4) is 0 Å². The second-order valence-corrected chi connectivity index (χ2v) is 6.05. The first-order valence-electron chi connectivity index (χ1n) is 7.74. The van der Waals surface area contributed by atoms with E-state index in [1.165, 1.54) is 0 Å². The van der Waals surface area contributed by atoms with Crippen LogP contribution in [-0.2, 0) is 0 Å². The minimum absolute atomic E-state index is 0.0285. The molecule has 1 aliphatic carbocycles. The smallest absolute Gasteiger partial charge is 0.248 e. The number of fused-ring (bicyclic) bond motifs is 3. The number of carbonyl (C=O) groups is 1. The van der Waals surface area contributed by atoms with Gasteiger partial charge in [0, 0.05) is 11.1 Å². The van der Waals surface area contributed by atoms with Gasteiger partial charge in [0.25, 0.3) is 0 Å². The van der Waals surface area contributed by atoms with Crippen molar-refractivity contribution in [3.8, 4) is 0 Å². The molecule has 116 valence electrons. The number of rotatable bonds is 1. The number of hydrogen-bond acceptors (Lipinski definition) is 5. The molecule has 5 rings (SSSR count). The summed E-state index contributed by atoms with van der Waals surface area (Å²) in [5.41, 5.74) is 5.26. The number of Topliss-reactive ketones (excluding diaryl/α,β-unsaturated/α-hetero) is 1. The number of anilines is 1. The molecule has 0 fully saturated rings. The Balaban J connectivity index is 1.78. The highest BCUT2D eigenvalue weighted by molar-refractivity contribution is 6.23. The SMILES string of the molecule is Cc1cccc(C2C3=C(Nc4nnnn42)c2ccccc2C3=O)c1. The maximum atomic E-state index is 13.1. The molecule has 6 nitrogen and oxygen atoms in total. The standard InChI is InChI=1S/C18H13N5O/c1-10-5-4-6-11(9-10)16-14-15(19-18-20-21-22-23(16)18)12-7-2-3-8-13(12)17(14)24/h2-9,16H,1H3,(H,19,20,22). The van der Waals surface area contributed by atoms with Crippen LogP contribution in [0.4, 0.5) is 5.95 Å². The van der Waals surface area contributed by atoms with E-state index in [2.05, 4.69) is 26.9 Å². The molecule has 0 spiro atoms. The lowest BCUT2D eigenvalue weighted by atomic mass is 9.93. The van der Waals surface area contributed by atoms with Crippen LogP contribution in [0.1, 0.15) is 33.1 Å². The molecular weight excluding hydrogens is 302 g/mol. The van der Waals surface area contributed by atoms with Crippen LogP contribution in [-0.4, -0.2) is 26.0 Å². The first kappa shape index (κ1) is 13.2. The van der Waals surface area contributed by atoms with Gasteiger partial charge in [-0.3, -0.25) is 4.79 Å². The van der Waals surface area contributed by atoms with E-state index in [0.29, 0.717) is 17.1 Å². The average Bonchev–Trinajstić information content (AvgIpc) is 3.17. The Bertz CT molecular complexity index is 1030. The molecule has 1 N–H and O–H groups in total. The van der Waals surface area contributed by atoms with Crippen LogP contribution in [0.2, 0.25) is 0 Å². The largest absolute Gasteiger partial charge is 0.322 e. The highest BCUT2D eigenvalue weighted by Crippen LogP contribution is 2.44. The number of tetrazole rings is 1. The van der Waals surface area contributed by atoms with Gasteiger partial charge in [0.05, 0.1) is 11.3 Å². The monoisotopic (exact) mass is 315 g/mol. The summed E-state index contributed by atoms with van der Waals surface area (Å²) in [6.07, 6.45) is 0. The zero-order chi connectivity index (χ0) is 16.3. The van der Waals surface area contributed by atoms with Gasteiger partial charge in [0.1, 0.15) is 6.04 Å². The predicted octanol–water partition coefficient (Wildman–Crippen LogP) is 2.60. The van der Waals surface area contributed by atoms with Gasteiger partial charge < -0.3 is 5.32 Å². The Labute approximate surface area is 137 Å². The molecule has 1 aliphatic heterocycles. The Hall–Kier alpha value is -3.28. The summed E-state index contributed by atoms with van der Waals surface area (Å²) in [4.78, 5) is 13.1. The minimum atomic E-state index is -0.328. The van der Waals surface area contributed by atoms with Crippen molar-refractivity contribution >= 4 is 17.4 Å². The molecule has 2 aliphatic rings. The van der Waals surface area contributed by atoms with Crippen LogP contribution < -0.4 is 5.32 Å². The van der Waals surface area contributed by atoms with Crippen molar-refractivity contribution < 1.29 is 4.79 Å². The normalized spacial score (nSPS) is 18.0. The van der Waals surface area contributed by atoms with E-state index in [0.717, 1.165) is 22.4 Å². The number of carbonyl (C=O) groups excluding carboxylic acids is 1. The number of nitrogens with zero attached hydrogens (tertiary/aromatic N) is 4. The van der Waals surface area contributed by atoms with Gasteiger partial charge in [-0.1, -0.05) is 59.2 Å². The summed E-state index contributed by atoms with van der Waals surface area (Å²) < 4.78 is 1.68. The van der Waals surface area contributed by atoms with E-state index < -0.39 is 0 Å². The zero-order valence-electron chi connectivity index (χ0n) is 12.9. The third-order valence-electron chi connectivity index (χ3n) is 4.56. The van der Waals surface area contributed by atoms with Crippen molar-refractivity contribution in [3.05, 3.63) is 76.4 Å². The van der Waals surface area contributed by atoms with Crippen LogP contribution in [0.25, 0.3) is 5.70 Å². The van der Waals surface area contributed by atoms with E-state index >= 15 is 0 Å². The number of allylic oxidation sites excluding steroid dienone is 1. The molecule has 2 heterocycles. The third kappa shape index (κ3) is 1.65. The van der Waals surface area contributed by atoms with E-state index in [4.69, 9.17) is 0 Å². The average molecular weight is 315 g/mol. The lowest BCUT2D eigenvalue weighted by Gasteiger charge is -2.25. The zero-order valence-corrected chi connectivity index (χ0v) is 12.9. The topological polar surface area (TPSA) is 72.7 Å². The lowest BCUT2D eigenvalue weighted by Crippen LogP contribution is -2.25. The molecule has 6 heteroatoms. The minimum Gasteiger partial charge on any atom is -0.322 e. The second-order valence-electron chi connectivity index (χ2n) is 6.05. The van der Waals surface area contributed by atoms with Crippen molar-refractivity contribution in [1.82, 2.24) is 20.2 Å². The highest BCUT2D eigenvalue weighted by Gasteiger charge is 2.41. The fraction of sp³-hybridized carbons (Fsp3) is 0.111. The van der Waals surface area contributed by atoms with E-state index in [1.807, 2.05) is 49.4 Å². The Morgan fingerprint density at radius 3 is 2.75 bits per heavy atom. The van der Waals surface area contributed by atoms with Crippen molar-refractivity contribution in [1.29, 1.82) is 0 Å². The summed E-state index contributed by atoms with van der Waals surface area (Å²) in [5.74, 6) is 0.575. The molecule has 1 atom stereocenters.